The number of esters is 1. The summed E-state index contributed by atoms with van der Waals surface area (Å²) in [5.74, 6) is -0.287. The van der Waals surface area contributed by atoms with Crippen molar-refractivity contribution in [2.45, 2.75) is 13.8 Å². The van der Waals surface area contributed by atoms with E-state index in [0.29, 0.717) is 12.2 Å². The number of hydrogen-bond donors (Lipinski definition) is 0. The molecular formula is C15H15NO2. The van der Waals surface area contributed by atoms with E-state index in [0.717, 1.165) is 16.3 Å². The molecule has 1 aromatic carbocycles. The van der Waals surface area contributed by atoms with Crippen LogP contribution < -0.4 is 0 Å². The minimum Gasteiger partial charge on any atom is -0.463 e. The number of aromatic nitrogens is 1. The van der Waals surface area contributed by atoms with E-state index in [9.17, 15) is 4.79 Å². The molecule has 0 radical (unpaired) electrons. The van der Waals surface area contributed by atoms with Gasteiger partial charge in [-0.15, -0.1) is 0 Å². The first-order valence-electron chi connectivity index (χ1n) is 5.90. The minimum atomic E-state index is -0.287. The summed E-state index contributed by atoms with van der Waals surface area (Å²) in [7, 11) is 0. The van der Waals surface area contributed by atoms with Crippen LogP contribution in [0, 0.1) is 0 Å². The number of carbonyl (C=O) groups is 1. The van der Waals surface area contributed by atoms with E-state index in [-0.39, 0.29) is 5.97 Å². The van der Waals surface area contributed by atoms with Crippen molar-refractivity contribution in [3.05, 3.63) is 47.8 Å². The molecule has 1 heterocycles. The molecule has 0 amide bonds. The molecule has 3 nitrogen and oxygen atoms in total. The van der Waals surface area contributed by atoms with Gasteiger partial charge in [0, 0.05) is 28.9 Å². The molecule has 0 bridgehead atoms. The van der Waals surface area contributed by atoms with Gasteiger partial charge in [0.1, 0.15) is 0 Å². The van der Waals surface area contributed by atoms with Crippen LogP contribution in [0.5, 0.6) is 0 Å². The molecule has 0 spiro atoms. The maximum absolute atomic E-state index is 11.6. The number of benzene rings is 1. The maximum Gasteiger partial charge on any atom is 0.333 e. The van der Waals surface area contributed by atoms with Crippen molar-refractivity contribution >= 4 is 22.8 Å². The topological polar surface area (TPSA) is 39.2 Å². The summed E-state index contributed by atoms with van der Waals surface area (Å²) in [5.41, 5.74) is 1.51. The van der Waals surface area contributed by atoms with Crippen LogP contribution in [0.4, 0.5) is 0 Å². The molecule has 18 heavy (non-hydrogen) atoms. The predicted octanol–water partition coefficient (Wildman–Crippen LogP) is 3.20. The number of carbonyl (C=O) groups excluding carboxylic acids is 1. The molecule has 0 aliphatic heterocycles. The second-order valence-electron chi connectivity index (χ2n) is 4.00. The van der Waals surface area contributed by atoms with Crippen LogP contribution in [0.2, 0.25) is 0 Å². The fourth-order valence-corrected chi connectivity index (χ4v) is 1.79. The van der Waals surface area contributed by atoms with Gasteiger partial charge in [0.15, 0.2) is 0 Å². The predicted molar refractivity (Wildman–Crippen MR) is 72.0 cm³/mol. The Hall–Kier alpha value is -2.16. The Kier molecular flexibility index (Phi) is 3.72. The summed E-state index contributed by atoms with van der Waals surface area (Å²) >= 11 is 0. The molecule has 3 heteroatoms. The average Bonchev–Trinajstić information content (AvgIpc) is 2.39. The fraction of sp³-hybridized carbons (Fsp3) is 0.200. The van der Waals surface area contributed by atoms with Crippen LogP contribution >= 0.6 is 0 Å². The molecule has 2 aromatic rings. The van der Waals surface area contributed by atoms with E-state index < -0.39 is 0 Å². The zero-order valence-corrected chi connectivity index (χ0v) is 10.5. The van der Waals surface area contributed by atoms with Crippen molar-refractivity contribution in [3.63, 3.8) is 0 Å². The van der Waals surface area contributed by atoms with Crippen molar-refractivity contribution in [1.82, 2.24) is 4.98 Å². The van der Waals surface area contributed by atoms with Gasteiger partial charge in [-0.05, 0) is 25.3 Å². The lowest BCUT2D eigenvalue weighted by molar-refractivity contribution is -0.138. The Morgan fingerprint density at radius 3 is 2.89 bits per heavy atom. The Bertz CT molecular complexity index is 597. The molecule has 2 rings (SSSR count). The second-order valence-corrected chi connectivity index (χ2v) is 4.00. The SMILES string of the molecule is CCOC(=O)/C(C)=C/c1cncc2ccccc12. The first-order chi connectivity index (χ1) is 8.72. The van der Waals surface area contributed by atoms with Crippen LogP contribution in [-0.4, -0.2) is 17.6 Å². The van der Waals surface area contributed by atoms with E-state index in [1.54, 1.807) is 20.0 Å². The Morgan fingerprint density at radius 2 is 2.11 bits per heavy atom. The number of nitrogens with zero attached hydrogens (tertiary/aromatic N) is 1. The third kappa shape index (κ3) is 2.56. The molecule has 0 aliphatic carbocycles. The Labute approximate surface area is 106 Å². The molecule has 1 aromatic heterocycles. The van der Waals surface area contributed by atoms with Gasteiger partial charge in [0.2, 0.25) is 0 Å². The number of rotatable bonds is 3. The van der Waals surface area contributed by atoms with Gasteiger partial charge in [0.05, 0.1) is 6.61 Å². The van der Waals surface area contributed by atoms with E-state index in [4.69, 9.17) is 4.74 Å². The summed E-state index contributed by atoms with van der Waals surface area (Å²) in [5, 5.41) is 2.14. The van der Waals surface area contributed by atoms with Crippen molar-refractivity contribution in [2.24, 2.45) is 0 Å². The highest BCUT2D eigenvalue weighted by molar-refractivity contribution is 5.97. The monoisotopic (exact) mass is 241 g/mol. The largest absolute Gasteiger partial charge is 0.463 e. The second kappa shape index (κ2) is 5.45. The molecule has 0 saturated heterocycles. The van der Waals surface area contributed by atoms with E-state index in [1.165, 1.54) is 0 Å². The third-order valence-corrected chi connectivity index (χ3v) is 2.67. The third-order valence-electron chi connectivity index (χ3n) is 2.67. The van der Waals surface area contributed by atoms with Gasteiger partial charge >= 0.3 is 5.97 Å². The molecular weight excluding hydrogens is 226 g/mol. The van der Waals surface area contributed by atoms with Crippen LogP contribution in [0.1, 0.15) is 19.4 Å². The zero-order valence-electron chi connectivity index (χ0n) is 10.5. The summed E-state index contributed by atoms with van der Waals surface area (Å²) in [6, 6.07) is 7.95. The summed E-state index contributed by atoms with van der Waals surface area (Å²) in [6.07, 6.45) is 5.38. The zero-order chi connectivity index (χ0) is 13.0. The Balaban J connectivity index is 2.43. The van der Waals surface area contributed by atoms with Gasteiger partial charge in [-0.1, -0.05) is 24.3 Å². The smallest absolute Gasteiger partial charge is 0.333 e. The molecule has 0 N–H and O–H groups in total. The van der Waals surface area contributed by atoms with E-state index >= 15 is 0 Å². The van der Waals surface area contributed by atoms with Gasteiger partial charge in [-0.2, -0.15) is 0 Å². The lowest BCUT2D eigenvalue weighted by Crippen LogP contribution is -2.04. The number of ether oxygens (including phenoxy) is 1. The van der Waals surface area contributed by atoms with Crippen LogP contribution in [0.15, 0.2) is 42.2 Å². The van der Waals surface area contributed by atoms with Crippen LogP contribution in [0.25, 0.3) is 16.8 Å². The van der Waals surface area contributed by atoms with Crippen molar-refractivity contribution < 1.29 is 9.53 Å². The molecule has 92 valence electrons. The lowest BCUT2D eigenvalue weighted by atomic mass is 10.1. The molecule has 0 atom stereocenters. The maximum atomic E-state index is 11.6. The van der Waals surface area contributed by atoms with E-state index in [1.807, 2.05) is 36.5 Å². The highest BCUT2D eigenvalue weighted by atomic mass is 16.5. The van der Waals surface area contributed by atoms with Gasteiger partial charge in [-0.3, -0.25) is 4.98 Å². The number of fused-ring (bicyclic) bond motifs is 1. The summed E-state index contributed by atoms with van der Waals surface area (Å²) in [6.45, 7) is 3.93. The number of pyridine rings is 1. The van der Waals surface area contributed by atoms with Crippen molar-refractivity contribution in [2.75, 3.05) is 6.61 Å². The Morgan fingerprint density at radius 1 is 1.33 bits per heavy atom. The van der Waals surface area contributed by atoms with Crippen LogP contribution in [-0.2, 0) is 9.53 Å². The highest BCUT2D eigenvalue weighted by Gasteiger charge is 2.06. The lowest BCUT2D eigenvalue weighted by Gasteiger charge is -2.04. The van der Waals surface area contributed by atoms with E-state index in [2.05, 4.69) is 4.98 Å². The molecule has 0 aliphatic rings. The molecule has 0 fully saturated rings. The average molecular weight is 241 g/mol. The standard InChI is InChI=1S/C15H15NO2/c1-3-18-15(17)11(2)8-13-10-16-9-12-6-4-5-7-14(12)13/h4-10H,3H2,1-2H3/b11-8+. The first kappa shape index (κ1) is 12.3. The highest BCUT2D eigenvalue weighted by Crippen LogP contribution is 2.19. The van der Waals surface area contributed by atoms with Gasteiger partial charge in [-0.25, -0.2) is 4.79 Å². The molecule has 0 unspecified atom stereocenters. The van der Waals surface area contributed by atoms with Crippen molar-refractivity contribution in [3.8, 4) is 0 Å². The first-order valence-corrected chi connectivity index (χ1v) is 5.90. The normalized spacial score (nSPS) is 11.6. The van der Waals surface area contributed by atoms with Gasteiger partial charge in [0.25, 0.3) is 0 Å². The van der Waals surface area contributed by atoms with Crippen molar-refractivity contribution in [1.29, 1.82) is 0 Å². The number of hydrogen-bond acceptors (Lipinski definition) is 3. The molecule has 0 saturated carbocycles. The summed E-state index contributed by atoms with van der Waals surface area (Å²) < 4.78 is 4.96. The minimum absolute atomic E-state index is 0.287. The quantitative estimate of drug-likeness (QED) is 0.612. The fourth-order valence-electron chi connectivity index (χ4n) is 1.79. The summed E-state index contributed by atoms with van der Waals surface area (Å²) in [4.78, 5) is 15.7. The van der Waals surface area contributed by atoms with Crippen LogP contribution in [0.3, 0.4) is 0 Å². The van der Waals surface area contributed by atoms with Gasteiger partial charge < -0.3 is 4.74 Å².